The lowest BCUT2D eigenvalue weighted by molar-refractivity contribution is 0.590. The molecule has 2 aliphatic heterocycles. The average molecular weight is 1400 g/mol. The topological polar surface area (TPSA) is 16.3 Å². The van der Waals surface area contributed by atoms with E-state index in [-0.39, 0.29) is 77.3 Å². The summed E-state index contributed by atoms with van der Waals surface area (Å²) in [7, 11) is 0. The summed E-state index contributed by atoms with van der Waals surface area (Å²) in [6.45, 7) is 17.7. The first-order valence-electron chi connectivity index (χ1n) is 46.2. The smallest absolute Gasteiger partial charge is 0.252 e. The van der Waals surface area contributed by atoms with Gasteiger partial charge in [-0.3, -0.25) is 0 Å². The molecule has 0 unspecified atom stereocenters. The highest BCUT2D eigenvalue weighted by molar-refractivity contribution is 7.00. The lowest BCUT2D eigenvalue weighted by Gasteiger charge is -2.47. The Labute approximate surface area is 656 Å². The summed E-state index contributed by atoms with van der Waals surface area (Å²) in [4.78, 5) is 4.19. The van der Waals surface area contributed by atoms with Gasteiger partial charge in [0, 0.05) is 77.9 Å². The van der Waals surface area contributed by atoms with Crippen LogP contribution in [0.4, 0.5) is 34.1 Å². The van der Waals surface area contributed by atoms with Gasteiger partial charge in [0.15, 0.2) is 0 Å². The standard InChI is InChI=1S/C102H83BN4/c1-100(2,3)74-58-83(70-34-18-12-19-35-70)98(85(60-74)72-50-46-68(47-51-72)66-30-14-10-15-31-66)106-93-64-77(104-89-42-26-22-38-79(89)80-39-23-27-43-90(80)104)54-56-87(93)103-88-57-55-78(105-91-44-28-24-40-81(91)82-41-25-29-45-92(82)105)65-94(88)107(96-63-76(102(7,8)9)62-95(106)97(96)103)99-84(71-36-20-13-21-37-71)59-75(101(4,5)6)61-86(99)73-52-48-69(49-53-73)67-32-16-11-17-33-67/h10-65H,1-9H3/i22D,23D,24D,25D,26D,27D,28D,29D,38D,39D,40D,41D,42D,43D,44D,45D,54D,55D,56D,57D. The predicted molar refractivity (Wildman–Crippen MR) is 458 cm³/mol. The van der Waals surface area contributed by atoms with E-state index in [0.717, 1.165) is 61.2 Å². The van der Waals surface area contributed by atoms with Crippen molar-refractivity contribution in [2.75, 3.05) is 9.80 Å². The van der Waals surface area contributed by atoms with Gasteiger partial charge in [0.2, 0.25) is 0 Å². The fraction of sp³-hybridized carbons (Fsp3) is 0.118. The second-order valence-corrected chi connectivity index (χ2v) is 31.0. The molecule has 4 nitrogen and oxygen atoms in total. The molecule has 19 rings (SSSR count). The van der Waals surface area contributed by atoms with Crippen LogP contribution in [0.1, 0.15) is 106 Å². The Hall–Kier alpha value is -12.4. The van der Waals surface area contributed by atoms with Crippen molar-refractivity contribution in [3.05, 3.63) is 356 Å². The summed E-state index contributed by atoms with van der Waals surface area (Å²) >= 11 is 0. The highest BCUT2D eigenvalue weighted by Gasteiger charge is 2.47. The third-order valence-corrected chi connectivity index (χ3v) is 21.3. The predicted octanol–water partition coefficient (Wildman–Crippen LogP) is 25.9. The molecular formula is C102H83BN4. The zero-order valence-corrected chi connectivity index (χ0v) is 60.7. The number of rotatable bonds is 10. The molecule has 0 N–H and O–H groups in total. The van der Waals surface area contributed by atoms with Crippen molar-refractivity contribution in [1.82, 2.24) is 9.13 Å². The molecule has 2 aliphatic rings. The molecule has 0 spiro atoms. The van der Waals surface area contributed by atoms with Gasteiger partial charge in [-0.1, -0.05) is 317 Å². The SMILES string of the molecule is [2H]c1c(-n2c3c([2H])c([2H])c([2H])c([2H])c3c3c([2H])c([2H])c([2H])c([2H])c32)cc2c(c1[2H])B1c3c(cc(C(C)(C)C)cc3N(c3c(-c4ccccc4)cc(C(C)(C)C)cc3-c3ccc(-c4ccccc4)cc3)c3cc(-n4c5c([2H])c([2H])c([2H])c([2H])c5c5c([2H])c([2H])c([2H])c([2H])c54)c([2H])c([2H])c31)N2c1c(-c2ccccc2)cc(C(C)(C)C)cc1-c1ccc(-c2ccccc2)cc1. The van der Waals surface area contributed by atoms with Crippen LogP contribution in [0.2, 0.25) is 0 Å². The molecule has 2 aromatic heterocycles. The Morgan fingerprint density at radius 1 is 0.262 bits per heavy atom. The van der Waals surface area contributed by atoms with Gasteiger partial charge in [-0.25, -0.2) is 0 Å². The van der Waals surface area contributed by atoms with Crippen molar-refractivity contribution in [3.63, 3.8) is 0 Å². The molecule has 0 saturated heterocycles. The van der Waals surface area contributed by atoms with Crippen molar-refractivity contribution in [3.8, 4) is 78.1 Å². The van der Waals surface area contributed by atoms with Crippen LogP contribution in [0, 0.1) is 0 Å². The van der Waals surface area contributed by atoms with E-state index in [2.05, 4.69) is 157 Å². The van der Waals surface area contributed by atoms with Gasteiger partial charge in [0.1, 0.15) is 0 Å². The fourth-order valence-corrected chi connectivity index (χ4v) is 15.8. The summed E-state index contributed by atoms with van der Waals surface area (Å²) in [5.74, 6) is 0. The van der Waals surface area contributed by atoms with Crippen LogP contribution in [0.5, 0.6) is 0 Å². The van der Waals surface area contributed by atoms with Crippen LogP contribution in [0.15, 0.2) is 339 Å². The van der Waals surface area contributed by atoms with E-state index in [0.29, 0.717) is 50.5 Å². The molecule has 107 heavy (non-hydrogen) atoms. The molecule has 0 radical (unpaired) electrons. The summed E-state index contributed by atoms with van der Waals surface area (Å²) in [6, 6.07) is 60.1. The van der Waals surface area contributed by atoms with Crippen LogP contribution >= 0.6 is 0 Å². The Kier molecular flexibility index (Phi) is 11.1. The second kappa shape index (κ2) is 25.1. The number of para-hydroxylation sites is 4. The number of benzene rings is 15. The molecule has 0 atom stereocenters. The molecule has 0 aliphatic carbocycles. The van der Waals surface area contributed by atoms with Crippen LogP contribution in [-0.4, -0.2) is 15.8 Å². The van der Waals surface area contributed by atoms with E-state index >= 15 is 0 Å². The van der Waals surface area contributed by atoms with Crippen LogP contribution in [-0.2, 0) is 16.2 Å². The highest BCUT2D eigenvalue weighted by Crippen LogP contribution is 2.56. The van der Waals surface area contributed by atoms with Crippen molar-refractivity contribution >= 4 is 101 Å². The highest BCUT2D eigenvalue weighted by atomic mass is 15.2. The first kappa shape index (κ1) is 47.1. The van der Waals surface area contributed by atoms with Crippen LogP contribution < -0.4 is 26.2 Å². The zero-order valence-electron chi connectivity index (χ0n) is 80.7. The van der Waals surface area contributed by atoms with Crippen LogP contribution in [0.25, 0.3) is 122 Å². The van der Waals surface area contributed by atoms with Gasteiger partial charge < -0.3 is 18.9 Å². The molecule has 5 heteroatoms. The van der Waals surface area contributed by atoms with Crippen molar-refractivity contribution in [1.29, 1.82) is 0 Å². The van der Waals surface area contributed by atoms with Crippen LogP contribution in [0.3, 0.4) is 0 Å². The first-order chi connectivity index (χ1) is 60.3. The molecule has 0 fully saturated rings. The van der Waals surface area contributed by atoms with Crippen molar-refractivity contribution in [2.45, 2.75) is 78.6 Å². The summed E-state index contributed by atoms with van der Waals surface area (Å²) in [5.41, 5.74) is 11.7. The largest absolute Gasteiger partial charge is 0.310 e. The van der Waals surface area contributed by atoms with E-state index in [1.54, 1.807) is 12.1 Å². The van der Waals surface area contributed by atoms with Crippen molar-refractivity contribution in [2.24, 2.45) is 0 Å². The Morgan fingerprint density at radius 3 is 0.832 bits per heavy atom. The summed E-state index contributed by atoms with van der Waals surface area (Å²) < 4.78 is 200. The number of anilines is 6. The van der Waals surface area contributed by atoms with E-state index in [1.165, 1.54) is 9.13 Å². The van der Waals surface area contributed by atoms with Gasteiger partial charge in [-0.05, 0) is 179 Å². The van der Waals surface area contributed by atoms with Gasteiger partial charge >= 0.3 is 0 Å². The van der Waals surface area contributed by atoms with Crippen molar-refractivity contribution < 1.29 is 27.4 Å². The third kappa shape index (κ3) is 11.0. The summed E-state index contributed by atoms with van der Waals surface area (Å²) in [6.07, 6.45) is 0. The first-order valence-corrected chi connectivity index (χ1v) is 36.2. The molecular weight excluding hydrogens is 1290 g/mol. The van der Waals surface area contributed by atoms with E-state index in [4.69, 9.17) is 5.48 Å². The van der Waals surface area contributed by atoms with E-state index in [1.807, 2.05) is 121 Å². The maximum Gasteiger partial charge on any atom is 0.252 e. The lowest BCUT2D eigenvalue weighted by atomic mass is 9.33. The number of hydrogen-bond donors (Lipinski definition) is 0. The number of nitrogens with zero attached hydrogens (tertiary/aromatic N) is 4. The number of hydrogen-bond acceptors (Lipinski definition) is 2. The minimum atomic E-state index is -1.42. The molecule has 0 saturated carbocycles. The minimum Gasteiger partial charge on any atom is -0.310 e. The van der Waals surface area contributed by atoms with E-state index in [9.17, 15) is 21.9 Å². The van der Waals surface area contributed by atoms with Gasteiger partial charge in [0.25, 0.3) is 6.71 Å². The fourth-order valence-electron chi connectivity index (χ4n) is 15.8. The number of fused-ring (bicyclic) bond motifs is 10. The summed E-state index contributed by atoms with van der Waals surface area (Å²) in [5, 5.41) is -1.02. The lowest BCUT2D eigenvalue weighted by Crippen LogP contribution is -2.61. The maximum atomic E-state index is 11.5. The molecule has 15 aromatic carbocycles. The molecule has 514 valence electrons. The normalized spacial score (nSPS) is 15.5. The molecule has 4 heterocycles. The minimum absolute atomic E-state index is 0.0876. The van der Waals surface area contributed by atoms with Gasteiger partial charge in [0.05, 0.1) is 60.9 Å². The molecule has 17 aromatic rings. The zero-order chi connectivity index (χ0) is 90.0. The van der Waals surface area contributed by atoms with Gasteiger partial charge in [-0.15, -0.1) is 0 Å². The second-order valence-electron chi connectivity index (χ2n) is 31.0. The maximum absolute atomic E-state index is 11.5. The Morgan fingerprint density at radius 2 is 0.523 bits per heavy atom. The van der Waals surface area contributed by atoms with Gasteiger partial charge in [-0.2, -0.15) is 0 Å². The monoisotopic (exact) mass is 1390 g/mol. The number of aromatic nitrogens is 2. The Bertz CT molecular complexity index is 7010. The van der Waals surface area contributed by atoms with E-state index < -0.39 is 144 Å². The average Bonchev–Trinajstić information content (AvgIpc) is 1.59. The molecule has 0 bridgehead atoms. The Balaban J connectivity index is 1.07. The quantitative estimate of drug-likeness (QED) is 0.127. The third-order valence-electron chi connectivity index (χ3n) is 21.3. The molecule has 0 amide bonds.